The fraction of sp³-hybridized carbons (Fsp3) is 0.286. The van der Waals surface area contributed by atoms with Gasteiger partial charge in [0.2, 0.25) is 0 Å². The van der Waals surface area contributed by atoms with E-state index in [1.165, 1.54) is 16.9 Å². The van der Waals surface area contributed by atoms with E-state index in [0.717, 1.165) is 10.6 Å². The Balaban J connectivity index is 2.16. The number of nitrogens with zero attached hydrogens (tertiary/aromatic N) is 1. The van der Waals surface area contributed by atoms with Crippen LogP contribution in [0.4, 0.5) is 10.8 Å². The van der Waals surface area contributed by atoms with E-state index in [1.807, 2.05) is 38.1 Å². The van der Waals surface area contributed by atoms with Crippen LogP contribution in [0.1, 0.15) is 27.9 Å². The summed E-state index contributed by atoms with van der Waals surface area (Å²) in [6.07, 6.45) is 0. The number of anilines is 2. The maximum absolute atomic E-state index is 11.7. The molecule has 0 atom stereocenters. The van der Waals surface area contributed by atoms with Crippen LogP contribution in [0.2, 0.25) is 0 Å². The Labute approximate surface area is 116 Å². The molecule has 0 fully saturated rings. The highest BCUT2D eigenvalue weighted by Gasteiger charge is 2.16. The number of rotatable bonds is 4. The van der Waals surface area contributed by atoms with Crippen molar-refractivity contribution in [2.45, 2.75) is 20.8 Å². The third-order valence-electron chi connectivity index (χ3n) is 2.57. The summed E-state index contributed by atoms with van der Waals surface area (Å²) in [5, 5.41) is 3.89. The molecule has 0 spiro atoms. The minimum Gasteiger partial charge on any atom is -0.461 e. The molecule has 1 aromatic heterocycles. The molecule has 0 amide bonds. The highest BCUT2D eigenvalue weighted by molar-refractivity contribution is 7.15. The van der Waals surface area contributed by atoms with E-state index >= 15 is 0 Å². The second-order valence-corrected chi connectivity index (χ2v) is 5.34. The second kappa shape index (κ2) is 5.84. The summed E-state index contributed by atoms with van der Waals surface area (Å²) in [5.41, 5.74) is 2.55. The van der Waals surface area contributed by atoms with E-state index < -0.39 is 0 Å². The normalized spacial score (nSPS) is 10.3. The Bertz CT molecular complexity index is 576. The number of ether oxygens (including phenoxy) is 1. The first-order valence-electron chi connectivity index (χ1n) is 6.08. The van der Waals surface area contributed by atoms with Crippen LogP contribution < -0.4 is 5.32 Å². The molecule has 2 rings (SSSR count). The number of aryl methyl sites for hydroxylation is 2. The molecule has 0 saturated carbocycles. The first kappa shape index (κ1) is 13.5. The van der Waals surface area contributed by atoms with Gasteiger partial charge in [-0.1, -0.05) is 17.7 Å². The van der Waals surface area contributed by atoms with Crippen molar-refractivity contribution in [3.63, 3.8) is 0 Å². The Morgan fingerprint density at radius 1 is 1.32 bits per heavy atom. The molecule has 0 aliphatic heterocycles. The number of thiazole rings is 1. The molecule has 4 nitrogen and oxygen atoms in total. The number of esters is 1. The van der Waals surface area contributed by atoms with Crippen molar-refractivity contribution in [2.75, 3.05) is 11.9 Å². The number of hydrogen-bond donors (Lipinski definition) is 1. The maximum atomic E-state index is 11.7. The average molecular weight is 276 g/mol. The van der Waals surface area contributed by atoms with E-state index in [9.17, 15) is 4.79 Å². The minimum atomic E-state index is -0.367. The molecule has 0 saturated heterocycles. The summed E-state index contributed by atoms with van der Waals surface area (Å²) >= 11 is 1.44. The summed E-state index contributed by atoms with van der Waals surface area (Å²) in [7, 11) is 0. The number of carbonyl (C=O) groups is 1. The van der Waals surface area contributed by atoms with Gasteiger partial charge in [0.05, 0.1) is 6.61 Å². The van der Waals surface area contributed by atoms with Crippen LogP contribution in [-0.2, 0) is 4.74 Å². The zero-order valence-corrected chi connectivity index (χ0v) is 12.0. The molecule has 0 aliphatic carbocycles. The molecule has 0 unspecified atom stereocenters. The third-order valence-corrected chi connectivity index (χ3v) is 3.45. The summed E-state index contributed by atoms with van der Waals surface area (Å²) in [6, 6.07) is 8.01. The average Bonchev–Trinajstić information content (AvgIpc) is 2.74. The lowest BCUT2D eigenvalue weighted by atomic mass is 10.2. The first-order valence-corrected chi connectivity index (χ1v) is 6.90. The SMILES string of the molecule is CCOC(=O)c1nc(Nc2ccc(C)cc2)sc1C. The quantitative estimate of drug-likeness (QED) is 0.865. The molecule has 0 aliphatic rings. The molecule has 5 heteroatoms. The smallest absolute Gasteiger partial charge is 0.358 e. The van der Waals surface area contributed by atoms with Gasteiger partial charge >= 0.3 is 5.97 Å². The summed E-state index contributed by atoms with van der Waals surface area (Å²) in [4.78, 5) is 16.8. The predicted molar refractivity (Wildman–Crippen MR) is 77.3 cm³/mol. The van der Waals surface area contributed by atoms with Crippen LogP contribution in [0.5, 0.6) is 0 Å². The molecular formula is C14H16N2O2S. The van der Waals surface area contributed by atoms with Crippen LogP contribution >= 0.6 is 11.3 Å². The van der Waals surface area contributed by atoms with Gasteiger partial charge in [0.15, 0.2) is 10.8 Å². The van der Waals surface area contributed by atoms with Crippen molar-refractivity contribution in [3.05, 3.63) is 40.4 Å². The van der Waals surface area contributed by atoms with Crippen molar-refractivity contribution < 1.29 is 9.53 Å². The van der Waals surface area contributed by atoms with Crippen LogP contribution in [0.25, 0.3) is 0 Å². The number of benzene rings is 1. The van der Waals surface area contributed by atoms with Crippen LogP contribution in [0.3, 0.4) is 0 Å². The lowest BCUT2D eigenvalue weighted by Gasteiger charge is -2.02. The van der Waals surface area contributed by atoms with E-state index in [4.69, 9.17) is 4.74 Å². The van der Waals surface area contributed by atoms with Gasteiger partial charge in [0.25, 0.3) is 0 Å². The van der Waals surface area contributed by atoms with Gasteiger partial charge in [0.1, 0.15) is 0 Å². The monoisotopic (exact) mass is 276 g/mol. The maximum Gasteiger partial charge on any atom is 0.358 e. The van der Waals surface area contributed by atoms with Gasteiger partial charge in [-0.2, -0.15) is 0 Å². The lowest BCUT2D eigenvalue weighted by Crippen LogP contribution is -2.06. The zero-order chi connectivity index (χ0) is 13.8. The van der Waals surface area contributed by atoms with Gasteiger partial charge in [-0.15, -0.1) is 11.3 Å². The largest absolute Gasteiger partial charge is 0.461 e. The Morgan fingerprint density at radius 2 is 2.00 bits per heavy atom. The topological polar surface area (TPSA) is 51.2 Å². The fourth-order valence-electron chi connectivity index (χ4n) is 1.60. The molecule has 1 N–H and O–H groups in total. The standard InChI is InChI=1S/C14H16N2O2S/c1-4-18-13(17)12-10(3)19-14(16-12)15-11-7-5-9(2)6-8-11/h5-8H,4H2,1-3H3,(H,15,16). The number of carbonyl (C=O) groups excluding carboxylic acids is 1. The molecule has 0 bridgehead atoms. The van der Waals surface area contributed by atoms with Crippen LogP contribution in [-0.4, -0.2) is 17.6 Å². The van der Waals surface area contributed by atoms with Crippen molar-refractivity contribution >= 4 is 28.1 Å². The van der Waals surface area contributed by atoms with E-state index in [0.29, 0.717) is 17.4 Å². The molecular weight excluding hydrogens is 260 g/mol. The molecule has 19 heavy (non-hydrogen) atoms. The molecule has 1 heterocycles. The Hall–Kier alpha value is -1.88. The van der Waals surface area contributed by atoms with Crippen molar-refractivity contribution in [3.8, 4) is 0 Å². The fourth-order valence-corrected chi connectivity index (χ4v) is 2.42. The number of aromatic nitrogens is 1. The van der Waals surface area contributed by atoms with Gasteiger partial charge in [-0.25, -0.2) is 9.78 Å². The Kier molecular flexibility index (Phi) is 4.16. The van der Waals surface area contributed by atoms with Gasteiger partial charge < -0.3 is 10.1 Å². The minimum absolute atomic E-state index is 0.358. The number of hydrogen-bond acceptors (Lipinski definition) is 5. The zero-order valence-electron chi connectivity index (χ0n) is 11.2. The first-order chi connectivity index (χ1) is 9.10. The second-order valence-electron chi connectivity index (χ2n) is 4.14. The van der Waals surface area contributed by atoms with E-state index in [1.54, 1.807) is 6.92 Å². The summed E-state index contributed by atoms with van der Waals surface area (Å²) < 4.78 is 4.97. The van der Waals surface area contributed by atoms with E-state index in [2.05, 4.69) is 10.3 Å². The Morgan fingerprint density at radius 3 is 2.63 bits per heavy atom. The van der Waals surface area contributed by atoms with Crippen LogP contribution in [0.15, 0.2) is 24.3 Å². The van der Waals surface area contributed by atoms with E-state index in [-0.39, 0.29) is 5.97 Å². The van der Waals surface area contributed by atoms with Gasteiger partial charge in [-0.05, 0) is 32.9 Å². The number of nitrogens with one attached hydrogen (secondary N) is 1. The van der Waals surface area contributed by atoms with Crippen molar-refractivity contribution in [2.24, 2.45) is 0 Å². The van der Waals surface area contributed by atoms with Crippen molar-refractivity contribution in [1.29, 1.82) is 0 Å². The van der Waals surface area contributed by atoms with Gasteiger partial charge in [0, 0.05) is 10.6 Å². The van der Waals surface area contributed by atoms with Crippen molar-refractivity contribution in [1.82, 2.24) is 4.98 Å². The summed E-state index contributed by atoms with van der Waals surface area (Å²) in [5.74, 6) is -0.367. The summed E-state index contributed by atoms with van der Waals surface area (Å²) in [6.45, 7) is 6.04. The highest BCUT2D eigenvalue weighted by atomic mass is 32.1. The highest BCUT2D eigenvalue weighted by Crippen LogP contribution is 2.26. The third kappa shape index (κ3) is 3.32. The predicted octanol–water partition coefficient (Wildman–Crippen LogP) is 3.68. The lowest BCUT2D eigenvalue weighted by molar-refractivity contribution is 0.0519. The molecule has 1 aromatic carbocycles. The molecule has 100 valence electrons. The molecule has 2 aromatic rings. The molecule has 0 radical (unpaired) electrons. The van der Waals surface area contributed by atoms with Crippen LogP contribution in [0, 0.1) is 13.8 Å². The van der Waals surface area contributed by atoms with Gasteiger partial charge in [-0.3, -0.25) is 0 Å².